The van der Waals surface area contributed by atoms with Gasteiger partial charge in [0.1, 0.15) is 0 Å². The Morgan fingerprint density at radius 2 is 1.19 bits per heavy atom. The van der Waals surface area contributed by atoms with E-state index in [1.807, 2.05) is 0 Å². The number of rotatable bonds is 0. The van der Waals surface area contributed by atoms with E-state index in [1.54, 1.807) is 0 Å². The number of hydrogen-bond donors (Lipinski definition) is 0. The highest BCUT2D eigenvalue weighted by molar-refractivity contribution is 9.10. The fourth-order valence-corrected chi connectivity index (χ4v) is 5.47. The van der Waals surface area contributed by atoms with Gasteiger partial charge in [-0.05, 0) is 34.1 Å². The second kappa shape index (κ2) is 6.24. The summed E-state index contributed by atoms with van der Waals surface area (Å²) in [6.07, 6.45) is -15.1. The van der Waals surface area contributed by atoms with Crippen molar-refractivity contribution >= 4 is 63.4 Å². The monoisotopic (exact) mass is 544 g/mol. The summed E-state index contributed by atoms with van der Waals surface area (Å²) in [6.45, 7) is 0. The van der Waals surface area contributed by atoms with Crippen LogP contribution in [0.1, 0.15) is 16.7 Å². The minimum atomic E-state index is -5.15. The molecule has 2 aromatic carbocycles. The summed E-state index contributed by atoms with van der Waals surface area (Å²) in [5.74, 6) is 0. The predicted molar refractivity (Wildman–Crippen MR) is 89.7 cm³/mol. The van der Waals surface area contributed by atoms with Crippen LogP contribution < -0.4 is 0 Å². The van der Waals surface area contributed by atoms with Crippen molar-refractivity contribution in [3.05, 3.63) is 43.8 Å². The SMILES string of the molecule is FC(F)(F)c1cc2c(cc1Br)sc1c(C(F)(F)F)c(Br)c(C(F)(F)F)cc12. The second-order valence-electron chi connectivity index (χ2n) is 5.41. The van der Waals surface area contributed by atoms with Crippen molar-refractivity contribution < 1.29 is 39.5 Å². The summed E-state index contributed by atoms with van der Waals surface area (Å²) >= 11 is 5.54. The van der Waals surface area contributed by atoms with Gasteiger partial charge in [-0.3, -0.25) is 0 Å². The van der Waals surface area contributed by atoms with Crippen LogP contribution in [0, 0.1) is 0 Å². The first kappa shape index (κ1) is 20.7. The molecule has 0 saturated heterocycles. The molecule has 0 saturated carbocycles. The van der Waals surface area contributed by atoms with Crippen LogP contribution in [0.15, 0.2) is 27.1 Å². The minimum Gasteiger partial charge on any atom is -0.166 e. The number of thiophene rings is 1. The summed E-state index contributed by atoms with van der Waals surface area (Å²) in [7, 11) is 0. The third kappa shape index (κ3) is 3.55. The van der Waals surface area contributed by atoms with Gasteiger partial charge in [0.2, 0.25) is 0 Å². The Morgan fingerprint density at radius 3 is 1.67 bits per heavy atom. The summed E-state index contributed by atoms with van der Waals surface area (Å²) < 4.78 is 117. The molecule has 0 unspecified atom stereocenters. The van der Waals surface area contributed by atoms with Crippen molar-refractivity contribution in [3.8, 4) is 0 Å². The van der Waals surface area contributed by atoms with Gasteiger partial charge in [-0.2, -0.15) is 39.5 Å². The van der Waals surface area contributed by atoms with Gasteiger partial charge >= 0.3 is 18.5 Å². The van der Waals surface area contributed by atoms with Crippen LogP contribution in [0.3, 0.4) is 0 Å². The van der Waals surface area contributed by atoms with Crippen LogP contribution in [0.25, 0.3) is 20.2 Å². The molecule has 0 amide bonds. The zero-order chi connectivity index (χ0) is 20.5. The fraction of sp³-hybridized carbons (Fsp3) is 0.200. The van der Waals surface area contributed by atoms with Gasteiger partial charge in [0, 0.05) is 29.1 Å². The van der Waals surface area contributed by atoms with Crippen LogP contribution >= 0.6 is 43.2 Å². The largest absolute Gasteiger partial charge is 0.418 e. The van der Waals surface area contributed by atoms with Crippen molar-refractivity contribution in [2.75, 3.05) is 0 Å². The van der Waals surface area contributed by atoms with Gasteiger partial charge in [0.05, 0.1) is 16.7 Å². The van der Waals surface area contributed by atoms with Crippen molar-refractivity contribution in [3.63, 3.8) is 0 Å². The van der Waals surface area contributed by atoms with E-state index in [9.17, 15) is 39.5 Å². The van der Waals surface area contributed by atoms with Crippen LogP contribution in [0.4, 0.5) is 39.5 Å². The molecule has 0 radical (unpaired) electrons. The number of fused-ring (bicyclic) bond motifs is 3. The molecule has 146 valence electrons. The van der Waals surface area contributed by atoms with E-state index < -0.39 is 54.3 Å². The first-order chi connectivity index (χ1) is 12.1. The van der Waals surface area contributed by atoms with Gasteiger partial charge in [-0.15, -0.1) is 11.3 Å². The Labute approximate surface area is 165 Å². The molecule has 27 heavy (non-hydrogen) atoms. The Morgan fingerprint density at radius 1 is 0.667 bits per heavy atom. The zero-order valence-electron chi connectivity index (χ0n) is 12.3. The molecule has 1 heterocycles. The summed E-state index contributed by atoms with van der Waals surface area (Å²) in [6, 6.07) is 1.93. The Balaban J connectivity index is 2.55. The summed E-state index contributed by atoms with van der Waals surface area (Å²) in [5, 5.41) is -0.884. The van der Waals surface area contributed by atoms with Gasteiger partial charge in [0.25, 0.3) is 0 Å². The Hall–Kier alpha value is -1.01. The van der Waals surface area contributed by atoms with Gasteiger partial charge < -0.3 is 0 Å². The number of benzene rings is 2. The van der Waals surface area contributed by atoms with Crippen molar-refractivity contribution in [1.82, 2.24) is 0 Å². The molecule has 0 bridgehead atoms. The molecule has 12 heteroatoms. The molecule has 0 nitrogen and oxygen atoms in total. The van der Waals surface area contributed by atoms with E-state index in [0.29, 0.717) is 23.5 Å². The maximum Gasteiger partial charge on any atom is 0.418 e. The van der Waals surface area contributed by atoms with Crippen LogP contribution in [-0.2, 0) is 18.5 Å². The molecule has 3 aromatic rings. The van der Waals surface area contributed by atoms with Crippen molar-refractivity contribution in [1.29, 1.82) is 0 Å². The maximum absolute atomic E-state index is 13.4. The standard InChI is InChI=1S/C15H3Br2F9S/c16-8-3-9-4(1-6(8)13(18,19)20)5-2-7(14(21,22)23)11(17)10(12(5)27-9)15(24,25)26/h1-3H. The van der Waals surface area contributed by atoms with E-state index in [2.05, 4.69) is 31.9 Å². The second-order valence-corrected chi connectivity index (χ2v) is 8.11. The molecule has 3 rings (SSSR count). The minimum absolute atomic E-state index is 0.0124. The average Bonchev–Trinajstić information content (AvgIpc) is 2.78. The van der Waals surface area contributed by atoms with E-state index in [1.165, 1.54) is 0 Å². The lowest BCUT2D eigenvalue weighted by Gasteiger charge is -2.16. The molecule has 0 aliphatic rings. The highest BCUT2D eigenvalue weighted by Crippen LogP contribution is 2.51. The lowest BCUT2D eigenvalue weighted by molar-refractivity contribution is -0.143. The topological polar surface area (TPSA) is 0 Å². The van der Waals surface area contributed by atoms with Crippen LogP contribution in [0.5, 0.6) is 0 Å². The molecule has 0 aliphatic heterocycles. The fourth-order valence-electron chi connectivity index (χ4n) is 2.58. The summed E-state index contributed by atoms with van der Waals surface area (Å²) in [5.41, 5.74) is -4.38. The molecular formula is C15H3Br2F9S. The number of alkyl halides is 9. The average molecular weight is 546 g/mol. The normalized spacial score (nSPS) is 13.7. The van der Waals surface area contributed by atoms with E-state index in [4.69, 9.17) is 0 Å². The van der Waals surface area contributed by atoms with E-state index in [0.717, 1.165) is 6.07 Å². The summed E-state index contributed by atoms with van der Waals surface area (Å²) in [4.78, 5) is 0. The Kier molecular flexibility index (Phi) is 4.79. The number of halogens is 11. The van der Waals surface area contributed by atoms with Crippen LogP contribution in [-0.4, -0.2) is 0 Å². The van der Waals surface area contributed by atoms with Gasteiger partial charge in [0.15, 0.2) is 0 Å². The van der Waals surface area contributed by atoms with Crippen molar-refractivity contribution in [2.45, 2.75) is 18.5 Å². The van der Waals surface area contributed by atoms with Gasteiger partial charge in [-0.1, -0.05) is 15.9 Å². The molecular weight excluding hydrogens is 543 g/mol. The van der Waals surface area contributed by atoms with Crippen LogP contribution in [0.2, 0.25) is 0 Å². The molecule has 0 atom stereocenters. The smallest absolute Gasteiger partial charge is 0.166 e. The van der Waals surface area contributed by atoms with Crippen molar-refractivity contribution in [2.24, 2.45) is 0 Å². The van der Waals surface area contributed by atoms with Gasteiger partial charge in [-0.25, -0.2) is 0 Å². The molecule has 0 spiro atoms. The van der Waals surface area contributed by atoms with E-state index >= 15 is 0 Å². The lowest BCUT2D eigenvalue weighted by Crippen LogP contribution is -2.13. The third-order valence-electron chi connectivity index (χ3n) is 3.68. The highest BCUT2D eigenvalue weighted by atomic mass is 79.9. The third-order valence-corrected chi connectivity index (χ3v) is 6.35. The maximum atomic E-state index is 13.4. The number of hydrogen-bond acceptors (Lipinski definition) is 1. The molecule has 0 fully saturated rings. The molecule has 0 aliphatic carbocycles. The first-order valence-electron chi connectivity index (χ1n) is 6.72. The van der Waals surface area contributed by atoms with E-state index in [-0.39, 0.29) is 10.1 Å². The highest BCUT2D eigenvalue weighted by Gasteiger charge is 2.43. The quantitative estimate of drug-likeness (QED) is 0.248. The molecule has 0 N–H and O–H groups in total. The zero-order valence-corrected chi connectivity index (χ0v) is 16.3. The Bertz CT molecular complexity index is 1060. The molecule has 1 aromatic heterocycles. The first-order valence-corrected chi connectivity index (χ1v) is 9.12. The predicted octanol–water partition coefficient (Wildman–Crippen LogP) is 8.64. The lowest BCUT2D eigenvalue weighted by atomic mass is 10.0.